The number of halogens is 1. The van der Waals surface area contributed by atoms with Gasteiger partial charge in [-0.2, -0.15) is 0 Å². The summed E-state index contributed by atoms with van der Waals surface area (Å²) in [6.45, 7) is 12.7. The molecule has 1 aromatic heterocycles. The highest BCUT2D eigenvalue weighted by molar-refractivity contribution is 5.58. The summed E-state index contributed by atoms with van der Waals surface area (Å²) in [5, 5.41) is 3.34. The first kappa shape index (κ1) is 21.4. The zero-order chi connectivity index (χ0) is 20.6. The fraction of sp³-hybridized carbons (Fsp3) is 0.261. The Morgan fingerprint density at radius 3 is 2.71 bits per heavy atom. The van der Waals surface area contributed by atoms with E-state index in [9.17, 15) is 4.39 Å². The molecule has 0 aliphatic rings. The molecule has 2 rings (SSSR count). The molecule has 1 heterocycles. The average Bonchev–Trinajstić information content (AvgIpc) is 2.72. The van der Waals surface area contributed by atoms with Crippen molar-refractivity contribution in [2.24, 2.45) is 5.73 Å². The van der Waals surface area contributed by atoms with Gasteiger partial charge in [-0.15, -0.1) is 6.58 Å². The third-order valence-electron chi connectivity index (χ3n) is 4.87. The van der Waals surface area contributed by atoms with Crippen LogP contribution in [0.15, 0.2) is 68.2 Å². The van der Waals surface area contributed by atoms with Crippen LogP contribution in [0, 0.1) is 5.82 Å². The minimum atomic E-state index is -0.625. The van der Waals surface area contributed by atoms with E-state index in [-0.39, 0.29) is 5.75 Å². The molecule has 1 unspecified atom stereocenters. The van der Waals surface area contributed by atoms with Crippen molar-refractivity contribution < 1.29 is 9.13 Å². The Bertz CT molecular complexity index is 849. The number of rotatable bonds is 11. The molecule has 0 aliphatic carbocycles. The minimum Gasteiger partial charge on any atom is -0.494 e. The van der Waals surface area contributed by atoms with Crippen LogP contribution in [0.1, 0.15) is 30.4 Å². The Kier molecular flexibility index (Phi) is 7.52. The number of hydrogen-bond acceptors (Lipinski definition) is 4. The fourth-order valence-corrected chi connectivity index (χ4v) is 3.22. The normalized spacial score (nSPS) is 12.7. The lowest BCUT2D eigenvalue weighted by Crippen LogP contribution is -2.30. The van der Waals surface area contributed by atoms with Gasteiger partial charge in [0.25, 0.3) is 0 Å². The van der Waals surface area contributed by atoms with Crippen LogP contribution in [0.2, 0.25) is 0 Å². The van der Waals surface area contributed by atoms with E-state index in [0.29, 0.717) is 6.54 Å². The maximum absolute atomic E-state index is 14.0. The van der Waals surface area contributed by atoms with Gasteiger partial charge < -0.3 is 15.8 Å². The van der Waals surface area contributed by atoms with Crippen LogP contribution < -0.4 is 15.8 Å². The first-order chi connectivity index (χ1) is 13.5. The van der Waals surface area contributed by atoms with Crippen molar-refractivity contribution in [2.45, 2.75) is 24.7 Å². The van der Waals surface area contributed by atoms with E-state index in [2.05, 4.69) is 30.0 Å². The molecule has 0 aliphatic heterocycles. The van der Waals surface area contributed by atoms with Gasteiger partial charge in [0.05, 0.1) is 24.4 Å². The second kappa shape index (κ2) is 9.85. The molecule has 2 aromatic rings. The Morgan fingerprint density at radius 2 is 2.07 bits per heavy atom. The van der Waals surface area contributed by atoms with Gasteiger partial charge in [-0.25, -0.2) is 4.39 Å². The lowest BCUT2D eigenvalue weighted by Gasteiger charge is -2.34. The third-order valence-corrected chi connectivity index (χ3v) is 4.87. The number of hydrogen-bond donors (Lipinski definition) is 2. The number of benzene rings is 1. The molecular formula is C23H28FN3O. The molecular weight excluding hydrogens is 353 g/mol. The predicted octanol–water partition coefficient (Wildman–Crippen LogP) is 5.05. The fourth-order valence-electron chi connectivity index (χ4n) is 3.22. The molecule has 0 spiro atoms. The molecule has 3 N–H and O–H groups in total. The number of ether oxygens (including phenoxy) is 1. The van der Waals surface area contributed by atoms with Crippen molar-refractivity contribution in [2.75, 3.05) is 19.0 Å². The van der Waals surface area contributed by atoms with Gasteiger partial charge in [-0.05, 0) is 48.7 Å². The number of nitrogens with two attached hydrogens (primary N) is 1. The number of aromatic nitrogens is 1. The van der Waals surface area contributed by atoms with E-state index >= 15 is 0 Å². The lowest BCUT2D eigenvalue weighted by molar-refractivity contribution is 0.384. The van der Waals surface area contributed by atoms with Gasteiger partial charge in [-0.1, -0.05) is 37.8 Å². The number of pyridine rings is 1. The molecule has 0 bridgehead atoms. The van der Waals surface area contributed by atoms with Crippen LogP contribution in [0.4, 0.5) is 10.1 Å². The third kappa shape index (κ3) is 4.67. The molecule has 1 atom stereocenters. The molecule has 0 radical (unpaired) electrons. The van der Waals surface area contributed by atoms with Gasteiger partial charge in [-0.3, -0.25) is 4.98 Å². The first-order valence-electron chi connectivity index (χ1n) is 9.22. The number of methoxy groups -OCH3 is 1. The monoisotopic (exact) mass is 381 g/mol. The smallest absolute Gasteiger partial charge is 0.165 e. The second-order valence-corrected chi connectivity index (χ2v) is 6.59. The van der Waals surface area contributed by atoms with Crippen molar-refractivity contribution in [1.82, 2.24) is 4.98 Å². The van der Waals surface area contributed by atoms with Gasteiger partial charge in [0.1, 0.15) is 0 Å². The van der Waals surface area contributed by atoms with E-state index < -0.39 is 11.2 Å². The van der Waals surface area contributed by atoms with Crippen LogP contribution in [0.25, 0.3) is 6.08 Å². The number of anilines is 1. The summed E-state index contributed by atoms with van der Waals surface area (Å²) in [5.74, 6) is -0.224. The van der Waals surface area contributed by atoms with Crippen molar-refractivity contribution in [3.8, 4) is 5.75 Å². The van der Waals surface area contributed by atoms with Crippen molar-refractivity contribution in [3.63, 3.8) is 0 Å². The second-order valence-electron chi connectivity index (χ2n) is 6.59. The molecule has 4 nitrogen and oxygen atoms in total. The van der Waals surface area contributed by atoms with Crippen LogP contribution >= 0.6 is 0 Å². The van der Waals surface area contributed by atoms with Gasteiger partial charge in [0.2, 0.25) is 0 Å². The highest BCUT2D eigenvalue weighted by atomic mass is 19.1. The zero-order valence-electron chi connectivity index (χ0n) is 16.4. The summed E-state index contributed by atoms with van der Waals surface area (Å²) < 4.78 is 19.2. The van der Waals surface area contributed by atoms with Crippen molar-refractivity contribution in [1.29, 1.82) is 0 Å². The Labute approximate surface area is 166 Å². The maximum atomic E-state index is 14.0. The first-order valence-corrected chi connectivity index (χ1v) is 9.22. The highest BCUT2D eigenvalue weighted by Gasteiger charge is 2.33. The minimum absolute atomic E-state index is 0.186. The largest absolute Gasteiger partial charge is 0.494 e. The summed E-state index contributed by atoms with van der Waals surface area (Å²) >= 11 is 0. The summed E-state index contributed by atoms with van der Waals surface area (Å²) in [7, 11) is 1.45. The lowest BCUT2D eigenvalue weighted by atomic mass is 9.73. The number of allylic oxidation sites excluding steroid dienone is 1. The standard InChI is InChI=1S/C23H28FN3O/c1-5-18-13-20(16-26-15-18)27-17(3)23(6-2,11-7-8-12-25)19-9-10-21(24)22(14-19)28-4/h5-6,9-10,13-16,27H,1-3,7-8,11-12,25H2,4H3. The summed E-state index contributed by atoms with van der Waals surface area (Å²) in [6.07, 6.45) is 9.49. The van der Waals surface area contributed by atoms with E-state index in [0.717, 1.165) is 41.8 Å². The number of nitrogens with one attached hydrogen (secondary N) is 1. The van der Waals surface area contributed by atoms with Crippen LogP contribution in [-0.4, -0.2) is 18.6 Å². The Morgan fingerprint density at radius 1 is 1.29 bits per heavy atom. The van der Waals surface area contributed by atoms with Crippen molar-refractivity contribution in [3.05, 3.63) is 85.1 Å². The average molecular weight is 381 g/mol. The summed E-state index contributed by atoms with van der Waals surface area (Å²) in [5.41, 5.74) is 8.32. The van der Waals surface area contributed by atoms with Crippen LogP contribution in [0.5, 0.6) is 5.75 Å². The van der Waals surface area contributed by atoms with Crippen LogP contribution in [0.3, 0.4) is 0 Å². The molecule has 0 saturated heterocycles. The molecule has 148 valence electrons. The van der Waals surface area contributed by atoms with E-state index in [1.807, 2.05) is 12.1 Å². The van der Waals surface area contributed by atoms with E-state index in [4.69, 9.17) is 10.5 Å². The highest BCUT2D eigenvalue weighted by Crippen LogP contribution is 2.40. The molecule has 0 amide bonds. The Hall–Kier alpha value is -2.92. The molecule has 1 aromatic carbocycles. The van der Waals surface area contributed by atoms with E-state index in [1.54, 1.807) is 30.6 Å². The maximum Gasteiger partial charge on any atom is 0.165 e. The quantitative estimate of drug-likeness (QED) is 0.422. The topological polar surface area (TPSA) is 60.2 Å². The van der Waals surface area contributed by atoms with Crippen molar-refractivity contribution >= 4 is 11.8 Å². The number of unbranched alkanes of at least 4 members (excludes halogenated alkanes) is 1. The van der Waals surface area contributed by atoms with E-state index in [1.165, 1.54) is 13.2 Å². The SMILES string of the molecule is C=Cc1cncc(NC(=C)C(C=C)(CCCCN)c2ccc(F)c(OC)c2)c1. The molecule has 0 fully saturated rings. The predicted molar refractivity (Wildman–Crippen MR) is 115 cm³/mol. The summed E-state index contributed by atoms with van der Waals surface area (Å²) in [6, 6.07) is 6.78. The Balaban J connectivity index is 2.45. The molecule has 5 heteroatoms. The summed E-state index contributed by atoms with van der Waals surface area (Å²) in [4.78, 5) is 4.22. The molecule has 28 heavy (non-hydrogen) atoms. The number of nitrogens with zero attached hydrogens (tertiary/aromatic N) is 1. The van der Waals surface area contributed by atoms with Gasteiger partial charge >= 0.3 is 0 Å². The van der Waals surface area contributed by atoms with Gasteiger partial charge in [0, 0.05) is 11.9 Å². The zero-order valence-corrected chi connectivity index (χ0v) is 16.4. The van der Waals surface area contributed by atoms with Gasteiger partial charge in [0.15, 0.2) is 11.6 Å². The molecule has 0 saturated carbocycles. The van der Waals surface area contributed by atoms with Crippen LogP contribution in [-0.2, 0) is 5.41 Å².